The maximum atomic E-state index is 9.12. The first-order chi connectivity index (χ1) is 6.65. The molecule has 1 aromatic rings. The van der Waals surface area contributed by atoms with Gasteiger partial charge in [0.15, 0.2) is 0 Å². The van der Waals surface area contributed by atoms with Crippen molar-refractivity contribution in [3.05, 3.63) is 21.8 Å². The van der Waals surface area contributed by atoms with E-state index in [1.54, 1.807) is 6.07 Å². The maximum Gasteiger partial charge on any atom is 0.142 e. The highest BCUT2D eigenvalue weighted by Crippen LogP contribution is 2.28. The second kappa shape index (κ2) is 4.04. The maximum absolute atomic E-state index is 9.12. The van der Waals surface area contributed by atoms with Crippen LogP contribution in [0.2, 0.25) is 5.15 Å². The van der Waals surface area contributed by atoms with Crippen LogP contribution >= 0.6 is 27.5 Å². The third kappa shape index (κ3) is 2.19. The Bertz CT molecular complexity index is 342. The first kappa shape index (κ1) is 10.2. The molecule has 0 aromatic carbocycles. The SMILES string of the molecule is OC1CC(Nc2nc(Cl)ccc2Br)C1. The van der Waals surface area contributed by atoms with Gasteiger partial charge >= 0.3 is 0 Å². The van der Waals surface area contributed by atoms with Crippen molar-refractivity contribution in [2.45, 2.75) is 25.0 Å². The van der Waals surface area contributed by atoms with Crippen LogP contribution in [-0.2, 0) is 0 Å². The molecule has 1 aliphatic carbocycles. The Kier molecular flexibility index (Phi) is 2.95. The molecule has 1 aromatic heterocycles. The number of anilines is 1. The predicted octanol–water partition coefficient (Wildman–Crippen LogP) is 2.43. The van der Waals surface area contributed by atoms with Gasteiger partial charge in [0.1, 0.15) is 11.0 Å². The molecule has 0 aliphatic heterocycles. The summed E-state index contributed by atoms with van der Waals surface area (Å²) in [5.74, 6) is 0.745. The van der Waals surface area contributed by atoms with Gasteiger partial charge in [-0.05, 0) is 40.9 Å². The van der Waals surface area contributed by atoms with Crippen LogP contribution < -0.4 is 5.32 Å². The van der Waals surface area contributed by atoms with Crippen molar-refractivity contribution in [1.82, 2.24) is 4.98 Å². The zero-order valence-electron chi connectivity index (χ0n) is 7.37. The van der Waals surface area contributed by atoms with Crippen molar-refractivity contribution in [2.75, 3.05) is 5.32 Å². The molecular weight excluding hydrogens is 267 g/mol. The molecule has 0 amide bonds. The molecule has 2 rings (SSSR count). The van der Waals surface area contributed by atoms with Crippen LogP contribution in [0.5, 0.6) is 0 Å². The lowest BCUT2D eigenvalue weighted by atomic mass is 9.89. The molecular formula is C9H10BrClN2O. The van der Waals surface area contributed by atoms with Gasteiger partial charge in [-0.15, -0.1) is 0 Å². The number of hydrogen-bond donors (Lipinski definition) is 2. The van der Waals surface area contributed by atoms with Crippen LogP contribution in [0.4, 0.5) is 5.82 Å². The number of nitrogens with one attached hydrogen (secondary N) is 1. The van der Waals surface area contributed by atoms with Gasteiger partial charge in [-0.2, -0.15) is 0 Å². The zero-order chi connectivity index (χ0) is 10.1. The summed E-state index contributed by atoms with van der Waals surface area (Å²) in [6, 6.07) is 3.89. The van der Waals surface area contributed by atoms with Gasteiger partial charge in [0.05, 0.1) is 10.6 Å². The largest absolute Gasteiger partial charge is 0.393 e. The van der Waals surface area contributed by atoms with E-state index in [4.69, 9.17) is 16.7 Å². The minimum atomic E-state index is -0.162. The lowest BCUT2D eigenvalue weighted by Gasteiger charge is -2.32. The van der Waals surface area contributed by atoms with Crippen LogP contribution in [0.25, 0.3) is 0 Å². The van der Waals surface area contributed by atoms with Crippen LogP contribution in [0.3, 0.4) is 0 Å². The number of rotatable bonds is 2. The average Bonchev–Trinajstić information content (AvgIpc) is 2.09. The van der Waals surface area contributed by atoms with Gasteiger partial charge in [-0.1, -0.05) is 11.6 Å². The van der Waals surface area contributed by atoms with E-state index in [2.05, 4.69) is 26.2 Å². The molecule has 0 unspecified atom stereocenters. The highest BCUT2D eigenvalue weighted by molar-refractivity contribution is 9.10. The molecule has 1 aliphatic rings. The molecule has 1 fully saturated rings. The molecule has 0 atom stereocenters. The minimum absolute atomic E-state index is 0.162. The standard InChI is InChI=1S/C9H10BrClN2O/c10-7-1-2-8(11)13-9(7)12-5-3-6(14)4-5/h1-2,5-6,14H,3-4H2,(H,12,13). The summed E-state index contributed by atoms with van der Waals surface area (Å²) in [5, 5.41) is 12.8. The Balaban J connectivity index is 2.05. The number of pyridine rings is 1. The quantitative estimate of drug-likeness (QED) is 0.816. The number of aromatic nitrogens is 1. The van der Waals surface area contributed by atoms with Crippen molar-refractivity contribution in [1.29, 1.82) is 0 Å². The smallest absolute Gasteiger partial charge is 0.142 e. The zero-order valence-corrected chi connectivity index (χ0v) is 9.72. The molecule has 5 heteroatoms. The summed E-state index contributed by atoms with van der Waals surface area (Å²) >= 11 is 9.15. The second-order valence-corrected chi connectivity index (χ2v) is 4.67. The van der Waals surface area contributed by atoms with Gasteiger partial charge in [-0.25, -0.2) is 4.98 Å². The lowest BCUT2D eigenvalue weighted by molar-refractivity contribution is 0.0835. The monoisotopic (exact) mass is 276 g/mol. The van der Waals surface area contributed by atoms with E-state index in [1.807, 2.05) is 6.07 Å². The van der Waals surface area contributed by atoms with Crippen LogP contribution in [0, 0.1) is 0 Å². The third-order valence-electron chi connectivity index (χ3n) is 2.27. The molecule has 0 radical (unpaired) electrons. The van der Waals surface area contributed by atoms with Crippen LogP contribution in [-0.4, -0.2) is 22.2 Å². The van der Waals surface area contributed by atoms with E-state index in [-0.39, 0.29) is 6.10 Å². The summed E-state index contributed by atoms with van der Waals surface area (Å²) in [4.78, 5) is 4.15. The summed E-state index contributed by atoms with van der Waals surface area (Å²) in [6.45, 7) is 0. The Labute approximate surface area is 95.6 Å². The number of aliphatic hydroxyl groups is 1. The van der Waals surface area contributed by atoms with Crippen molar-refractivity contribution in [3.63, 3.8) is 0 Å². The van der Waals surface area contributed by atoms with E-state index in [9.17, 15) is 0 Å². The molecule has 0 saturated heterocycles. The van der Waals surface area contributed by atoms with Gasteiger partial charge in [0.2, 0.25) is 0 Å². The summed E-state index contributed by atoms with van der Waals surface area (Å²) in [6.07, 6.45) is 1.40. The fourth-order valence-corrected chi connectivity index (χ4v) is 1.90. The molecule has 14 heavy (non-hydrogen) atoms. The lowest BCUT2D eigenvalue weighted by Crippen LogP contribution is -2.39. The highest BCUT2D eigenvalue weighted by Gasteiger charge is 2.27. The predicted molar refractivity (Wildman–Crippen MR) is 59.6 cm³/mol. The second-order valence-electron chi connectivity index (χ2n) is 3.43. The van der Waals surface area contributed by atoms with Crippen LogP contribution in [0.1, 0.15) is 12.8 Å². The summed E-state index contributed by atoms with van der Waals surface area (Å²) in [5.41, 5.74) is 0. The van der Waals surface area contributed by atoms with Crippen molar-refractivity contribution >= 4 is 33.3 Å². The van der Waals surface area contributed by atoms with E-state index in [0.29, 0.717) is 11.2 Å². The Morgan fingerprint density at radius 1 is 1.50 bits per heavy atom. The van der Waals surface area contributed by atoms with Crippen molar-refractivity contribution in [2.24, 2.45) is 0 Å². The fourth-order valence-electron chi connectivity index (χ4n) is 1.42. The molecule has 0 spiro atoms. The minimum Gasteiger partial charge on any atom is -0.393 e. The van der Waals surface area contributed by atoms with Crippen molar-refractivity contribution < 1.29 is 5.11 Å². The Morgan fingerprint density at radius 3 is 2.86 bits per heavy atom. The van der Waals surface area contributed by atoms with Crippen molar-refractivity contribution in [3.8, 4) is 0 Å². The van der Waals surface area contributed by atoms with Gasteiger partial charge in [-0.3, -0.25) is 0 Å². The number of nitrogens with zero attached hydrogens (tertiary/aromatic N) is 1. The van der Waals surface area contributed by atoms with E-state index in [1.165, 1.54) is 0 Å². The third-order valence-corrected chi connectivity index (χ3v) is 3.12. The average molecular weight is 278 g/mol. The van der Waals surface area contributed by atoms with E-state index < -0.39 is 0 Å². The normalized spacial score (nSPS) is 25.6. The molecule has 2 N–H and O–H groups in total. The van der Waals surface area contributed by atoms with Gasteiger partial charge < -0.3 is 10.4 Å². The molecule has 1 saturated carbocycles. The number of hydrogen-bond acceptors (Lipinski definition) is 3. The van der Waals surface area contributed by atoms with Crippen LogP contribution in [0.15, 0.2) is 16.6 Å². The first-order valence-electron chi connectivity index (χ1n) is 4.42. The molecule has 1 heterocycles. The number of aliphatic hydroxyl groups excluding tert-OH is 1. The summed E-state index contributed by atoms with van der Waals surface area (Å²) < 4.78 is 0.892. The van der Waals surface area contributed by atoms with E-state index >= 15 is 0 Å². The highest BCUT2D eigenvalue weighted by atomic mass is 79.9. The Hall–Kier alpha value is -0.320. The number of halogens is 2. The molecule has 3 nitrogen and oxygen atoms in total. The Morgan fingerprint density at radius 2 is 2.21 bits per heavy atom. The topological polar surface area (TPSA) is 45.1 Å². The first-order valence-corrected chi connectivity index (χ1v) is 5.59. The molecule has 76 valence electrons. The van der Waals surface area contributed by atoms with Gasteiger partial charge in [0.25, 0.3) is 0 Å². The fraction of sp³-hybridized carbons (Fsp3) is 0.444. The van der Waals surface area contributed by atoms with E-state index in [0.717, 1.165) is 23.1 Å². The molecule has 0 bridgehead atoms. The van der Waals surface area contributed by atoms with Gasteiger partial charge in [0, 0.05) is 6.04 Å². The summed E-state index contributed by atoms with van der Waals surface area (Å²) in [7, 11) is 0.